The zero-order valence-electron chi connectivity index (χ0n) is 16.0. The van der Waals surface area contributed by atoms with Gasteiger partial charge in [-0.1, -0.05) is 6.07 Å². The van der Waals surface area contributed by atoms with Crippen molar-refractivity contribution in [1.82, 2.24) is 4.90 Å². The Bertz CT molecular complexity index is 965. The molecule has 3 rings (SSSR count). The van der Waals surface area contributed by atoms with Gasteiger partial charge in [0.1, 0.15) is 11.5 Å². The quantitative estimate of drug-likeness (QED) is 0.385. The van der Waals surface area contributed by atoms with Crippen molar-refractivity contribution in [2.45, 2.75) is 6.04 Å². The summed E-state index contributed by atoms with van der Waals surface area (Å²) in [6.07, 6.45) is 0. The zero-order valence-corrected chi connectivity index (χ0v) is 16.0. The molecule has 0 aliphatic carbocycles. The van der Waals surface area contributed by atoms with Crippen molar-refractivity contribution in [1.29, 1.82) is 0 Å². The van der Waals surface area contributed by atoms with Crippen LogP contribution < -0.4 is 9.47 Å². The van der Waals surface area contributed by atoms with Crippen LogP contribution in [-0.2, 0) is 9.59 Å². The highest BCUT2D eigenvalue weighted by Gasteiger charge is 2.46. The van der Waals surface area contributed by atoms with E-state index in [-0.39, 0.29) is 36.0 Å². The summed E-state index contributed by atoms with van der Waals surface area (Å²) in [5, 5.41) is 30.1. The number of β-amino-alcohol motifs (C(OH)–C–C–N with tert-alkyl or cyclic N) is 1. The Balaban J connectivity index is 2.18. The van der Waals surface area contributed by atoms with Gasteiger partial charge < -0.3 is 29.7 Å². The van der Waals surface area contributed by atoms with Crippen LogP contribution in [0.15, 0.2) is 48.0 Å². The number of amides is 1. The number of hydrogen-bond acceptors (Lipinski definition) is 7. The second-order valence-electron chi connectivity index (χ2n) is 6.38. The zero-order chi connectivity index (χ0) is 21.1. The number of aromatic hydroxyl groups is 1. The fourth-order valence-electron chi connectivity index (χ4n) is 3.33. The minimum Gasteiger partial charge on any atom is -0.507 e. The Hall–Kier alpha value is -3.52. The number of nitrogens with zero attached hydrogens (tertiary/aromatic N) is 1. The second-order valence-corrected chi connectivity index (χ2v) is 6.38. The number of aliphatic hydroxyl groups excluding tert-OH is 2. The first-order valence-corrected chi connectivity index (χ1v) is 8.83. The van der Waals surface area contributed by atoms with E-state index in [1.165, 1.54) is 37.3 Å². The number of Topliss-reactive ketones (excluding diaryl/α,β-unsaturated/α-hetero) is 1. The van der Waals surface area contributed by atoms with Gasteiger partial charge in [0.2, 0.25) is 0 Å². The van der Waals surface area contributed by atoms with E-state index in [0.29, 0.717) is 16.9 Å². The van der Waals surface area contributed by atoms with Gasteiger partial charge in [-0.2, -0.15) is 0 Å². The van der Waals surface area contributed by atoms with Crippen molar-refractivity contribution in [2.75, 3.05) is 27.4 Å². The fraction of sp³-hybridized carbons (Fsp3) is 0.238. The first kappa shape index (κ1) is 20.2. The van der Waals surface area contributed by atoms with Gasteiger partial charge in [0, 0.05) is 12.1 Å². The highest BCUT2D eigenvalue weighted by atomic mass is 16.5. The van der Waals surface area contributed by atoms with E-state index < -0.39 is 17.7 Å². The molecule has 2 aromatic rings. The summed E-state index contributed by atoms with van der Waals surface area (Å²) >= 11 is 0. The Morgan fingerprint density at radius 3 is 2.34 bits per heavy atom. The molecule has 1 heterocycles. The van der Waals surface area contributed by atoms with Gasteiger partial charge >= 0.3 is 0 Å². The molecule has 8 nitrogen and oxygen atoms in total. The molecule has 1 fully saturated rings. The van der Waals surface area contributed by atoms with Gasteiger partial charge in [-0.15, -0.1) is 0 Å². The molecule has 8 heteroatoms. The second kappa shape index (κ2) is 8.24. The lowest BCUT2D eigenvalue weighted by Gasteiger charge is -2.25. The van der Waals surface area contributed by atoms with E-state index in [1.807, 2.05) is 0 Å². The average Bonchev–Trinajstić information content (AvgIpc) is 2.99. The van der Waals surface area contributed by atoms with E-state index in [1.54, 1.807) is 24.3 Å². The number of phenolic OH excluding ortho intramolecular Hbond substituents is 1. The van der Waals surface area contributed by atoms with E-state index in [9.17, 15) is 24.9 Å². The smallest absolute Gasteiger partial charge is 0.295 e. The van der Waals surface area contributed by atoms with Gasteiger partial charge in [-0.25, -0.2) is 0 Å². The normalized spacial score (nSPS) is 18.2. The molecule has 29 heavy (non-hydrogen) atoms. The van der Waals surface area contributed by atoms with Crippen molar-refractivity contribution < 1.29 is 34.4 Å². The number of ether oxygens (including phenoxy) is 2. The lowest BCUT2D eigenvalue weighted by Crippen LogP contribution is -2.32. The van der Waals surface area contributed by atoms with Crippen LogP contribution in [0.25, 0.3) is 5.76 Å². The maximum atomic E-state index is 12.7. The molecule has 0 aromatic heterocycles. The number of methoxy groups -OCH3 is 2. The monoisotopic (exact) mass is 399 g/mol. The van der Waals surface area contributed by atoms with E-state index in [4.69, 9.17) is 9.47 Å². The highest BCUT2D eigenvalue weighted by molar-refractivity contribution is 6.46. The standard InChI is InChI=1S/C21H21NO7/c1-28-14-6-3-12(4-7-14)19(25)17-18(22(9-10-23)21(27)20(17)26)13-5-8-15(24)16(11-13)29-2/h3-8,11,18,23-25H,9-10H2,1-2H3/t18-/m1/s1. The van der Waals surface area contributed by atoms with E-state index >= 15 is 0 Å². The van der Waals surface area contributed by atoms with Crippen molar-refractivity contribution >= 4 is 17.4 Å². The number of likely N-dealkylation sites (tertiary alicyclic amines) is 1. The van der Waals surface area contributed by atoms with Crippen LogP contribution in [0, 0.1) is 0 Å². The third-order valence-corrected chi connectivity index (χ3v) is 4.76. The highest BCUT2D eigenvalue weighted by Crippen LogP contribution is 2.41. The number of rotatable bonds is 6. The summed E-state index contributed by atoms with van der Waals surface area (Å²) < 4.78 is 10.2. The topological polar surface area (TPSA) is 117 Å². The number of benzene rings is 2. The molecule has 2 aromatic carbocycles. The van der Waals surface area contributed by atoms with Gasteiger partial charge in [-0.05, 0) is 42.0 Å². The fourth-order valence-corrected chi connectivity index (χ4v) is 3.33. The van der Waals surface area contributed by atoms with Crippen LogP contribution in [0.4, 0.5) is 0 Å². The number of aliphatic hydroxyl groups is 2. The minimum atomic E-state index is -0.946. The molecule has 1 aliphatic heterocycles. The number of carbonyl (C=O) groups is 2. The van der Waals surface area contributed by atoms with Crippen molar-refractivity contribution in [3.63, 3.8) is 0 Å². The summed E-state index contributed by atoms with van der Waals surface area (Å²) in [5.41, 5.74) is 0.673. The summed E-state index contributed by atoms with van der Waals surface area (Å²) in [6, 6.07) is 9.83. The maximum Gasteiger partial charge on any atom is 0.295 e. The molecule has 0 bridgehead atoms. The van der Waals surface area contributed by atoms with Crippen LogP contribution in [0.5, 0.6) is 17.2 Å². The first-order valence-electron chi connectivity index (χ1n) is 8.83. The predicted molar refractivity (Wildman–Crippen MR) is 104 cm³/mol. The SMILES string of the molecule is COc1ccc(C(O)=C2C(=O)C(=O)N(CCO)[C@@H]2c2ccc(O)c(OC)c2)cc1. The van der Waals surface area contributed by atoms with Crippen LogP contribution in [-0.4, -0.2) is 59.3 Å². The Morgan fingerprint density at radius 2 is 1.76 bits per heavy atom. The number of hydrogen-bond donors (Lipinski definition) is 3. The van der Waals surface area contributed by atoms with Crippen LogP contribution in [0.1, 0.15) is 17.2 Å². The van der Waals surface area contributed by atoms with Crippen molar-refractivity contribution in [3.8, 4) is 17.2 Å². The molecular formula is C21H21NO7. The number of phenols is 1. The Labute approximate surface area is 167 Å². The molecule has 3 N–H and O–H groups in total. The molecule has 0 saturated carbocycles. The summed E-state index contributed by atoms with van der Waals surface area (Å²) in [6.45, 7) is -0.459. The van der Waals surface area contributed by atoms with Crippen LogP contribution in [0.2, 0.25) is 0 Å². The van der Waals surface area contributed by atoms with Gasteiger partial charge in [0.15, 0.2) is 11.5 Å². The molecule has 0 unspecified atom stereocenters. The van der Waals surface area contributed by atoms with Gasteiger partial charge in [0.05, 0.1) is 32.4 Å². The first-order chi connectivity index (χ1) is 13.9. The Morgan fingerprint density at radius 1 is 1.07 bits per heavy atom. The number of ketones is 1. The average molecular weight is 399 g/mol. The van der Waals surface area contributed by atoms with E-state index in [0.717, 1.165) is 0 Å². The van der Waals surface area contributed by atoms with Gasteiger partial charge in [0.25, 0.3) is 11.7 Å². The molecule has 1 aliphatic rings. The third-order valence-electron chi connectivity index (χ3n) is 4.76. The van der Waals surface area contributed by atoms with Crippen molar-refractivity contribution in [2.24, 2.45) is 0 Å². The third kappa shape index (κ3) is 3.62. The van der Waals surface area contributed by atoms with Crippen LogP contribution >= 0.6 is 0 Å². The molecule has 1 saturated heterocycles. The molecule has 1 atom stereocenters. The number of carbonyl (C=O) groups excluding carboxylic acids is 2. The molecule has 1 amide bonds. The molecular weight excluding hydrogens is 378 g/mol. The maximum absolute atomic E-state index is 12.7. The Kier molecular flexibility index (Phi) is 5.74. The minimum absolute atomic E-state index is 0.0994. The molecule has 0 spiro atoms. The molecule has 0 radical (unpaired) electrons. The summed E-state index contributed by atoms with van der Waals surface area (Å²) in [5.74, 6) is -1.41. The largest absolute Gasteiger partial charge is 0.507 e. The summed E-state index contributed by atoms with van der Waals surface area (Å²) in [4.78, 5) is 26.5. The lowest BCUT2D eigenvalue weighted by atomic mass is 9.95. The van der Waals surface area contributed by atoms with Crippen LogP contribution in [0.3, 0.4) is 0 Å². The molecule has 152 valence electrons. The predicted octanol–water partition coefficient (Wildman–Crippen LogP) is 1.82. The van der Waals surface area contributed by atoms with Crippen molar-refractivity contribution in [3.05, 3.63) is 59.2 Å². The summed E-state index contributed by atoms with van der Waals surface area (Å²) in [7, 11) is 2.88. The van der Waals surface area contributed by atoms with E-state index in [2.05, 4.69) is 0 Å². The lowest BCUT2D eigenvalue weighted by molar-refractivity contribution is -0.140. The van der Waals surface area contributed by atoms with Gasteiger partial charge in [-0.3, -0.25) is 9.59 Å².